The van der Waals surface area contributed by atoms with E-state index in [-0.39, 0.29) is 0 Å². The third-order valence-corrected chi connectivity index (χ3v) is 7.29. The van der Waals surface area contributed by atoms with Crippen LogP contribution in [0.3, 0.4) is 0 Å². The first-order valence-corrected chi connectivity index (χ1v) is 10.1. The van der Waals surface area contributed by atoms with E-state index >= 15 is 0 Å². The van der Waals surface area contributed by atoms with Gasteiger partial charge in [-0.2, -0.15) is 0 Å². The Morgan fingerprint density at radius 3 is 2.67 bits per heavy atom. The molecular weight excluding hydrogens is 304 g/mol. The van der Waals surface area contributed by atoms with Crippen molar-refractivity contribution in [3.8, 4) is 0 Å². The first kappa shape index (κ1) is 15.5. The van der Waals surface area contributed by atoms with Crippen molar-refractivity contribution >= 4 is 21.4 Å². The second kappa shape index (κ2) is 5.99. The molecule has 0 bridgehead atoms. The summed E-state index contributed by atoms with van der Waals surface area (Å²) in [6.07, 6.45) is 4.92. The van der Waals surface area contributed by atoms with Gasteiger partial charge < -0.3 is 5.32 Å². The zero-order valence-electron chi connectivity index (χ0n) is 12.7. The number of sulfonamides is 1. The van der Waals surface area contributed by atoms with Crippen molar-refractivity contribution in [2.45, 2.75) is 57.0 Å². The van der Waals surface area contributed by atoms with Crippen LogP contribution in [-0.4, -0.2) is 21.0 Å². The quantitative estimate of drug-likeness (QED) is 0.771. The van der Waals surface area contributed by atoms with Crippen LogP contribution in [0.5, 0.6) is 0 Å². The molecule has 0 saturated heterocycles. The molecular formula is C15H24N2O2S2. The molecule has 2 N–H and O–H groups in total. The van der Waals surface area contributed by atoms with Gasteiger partial charge in [0, 0.05) is 24.0 Å². The third-order valence-electron chi connectivity index (χ3n) is 4.41. The van der Waals surface area contributed by atoms with E-state index < -0.39 is 10.0 Å². The predicted molar refractivity (Wildman–Crippen MR) is 86.0 cm³/mol. The van der Waals surface area contributed by atoms with Crippen molar-refractivity contribution in [2.24, 2.45) is 11.8 Å². The number of thiophene rings is 1. The van der Waals surface area contributed by atoms with E-state index in [4.69, 9.17) is 0 Å². The maximum Gasteiger partial charge on any atom is 0.241 e. The maximum atomic E-state index is 12.6. The molecule has 4 nitrogen and oxygen atoms in total. The van der Waals surface area contributed by atoms with Crippen LogP contribution in [0.25, 0.3) is 0 Å². The molecule has 0 aromatic carbocycles. The molecule has 118 valence electrons. The summed E-state index contributed by atoms with van der Waals surface area (Å²) in [5, 5.41) is 5.36. The van der Waals surface area contributed by atoms with Crippen molar-refractivity contribution in [1.29, 1.82) is 0 Å². The molecule has 1 heterocycles. The molecule has 0 spiro atoms. The van der Waals surface area contributed by atoms with Crippen LogP contribution in [0.1, 0.15) is 43.0 Å². The van der Waals surface area contributed by atoms with Gasteiger partial charge in [0.05, 0.1) is 0 Å². The molecule has 2 aliphatic rings. The largest absolute Gasteiger partial charge is 0.309 e. The SMILES string of the molecule is Cc1csc(CNC2CC2)c1S(=O)(=O)NCC(C)C1CC1. The molecule has 2 aliphatic carbocycles. The fraction of sp³-hybridized carbons (Fsp3) is 0.733. The third kappa shape index (κ3) is 3.86. The van der Waals surface area contributed by atoms with Crippen LogP contribution in [-0.2, 0) is 16.6 Å². The van der Waals surface area contributed by atoms with Crippen molar-refractivity contribution in [3.05, 3.63) is 15.8 Å². The maximum absolute atomic E-state index is 12.6. The molecule has 6 heteroatoms. The zero-order valence-corrected chi connectivity index (χ0v) is 14.3. The lowest BCUT2D eigenvalue weighted by atomic mass is 10.1. The molecule has 1 aromatic heterocycles. The van der Waals surface area contributed by atoms with Crippen molar-refractivity contribution in [2.75, 3.05) is 6.54 Å². The van der Waals surface area contributed by atoms with Crippen LogP contribution in [0.4, 0.5) is 0 Å². The Bertz CT molecular complexity index is 601. The molecule has 3 rings (SSSR count). The van der Waals surface area contributed by atoms with E-state index in [9.17, 15) is 8.42 Å². The van der Waals surface area contributed by atoms with Gasteiger partial charge in [-0.05, 0) is 55.4 Å². The molecule has 1 aromatic rings. The molecule has 1 atom stereocenters. The Morgan fingerprint density at radius 1 is 1.33 bits per heavy atom. The van der Waals surface area contributed by atoms with E-state index in [1.807, 2.05) is 12.3 Å². The van der Waals surface area contributed by atoms with Gasteiger partial charge in [0.15, 0.2) is 0 Å². The van der Waals surface area contributed by atoms with E-state index in [1.54, 1.807) is 11.3 Å². The summed E-state index contributed by atoms with van der Waals surface area (Å²) in [5.74, 6) is 1.15. The van der Waals surface area contributed by atoms with Crippen molar-refractivity contribution < 1.29 is 8.42 Å². The standard InChI is InChI=1S/C15H24N2O2S2/c1-10(12-3-4-12)7-17-21(18,19)15-11(2)9-20-14(15)8-16-13-5-6-13/h9-10,12-13,16-17H,3-8H2,1-2H3. The van der Waals surface area contributed by atoms with Gasteiger partial charge in [-0.15, -0.1) is 11.3 Å². The van der Waals surface area contributed by atoms with Crippen molar-refractivity contribution in [3.63, 3.8) is 0 Å². The van der Waals surface area contributed by atoms with E-state index in [0.717, 1.165) is 10.4 Å². The van der Waals surface area contributed by atoms with E-state index in [1.165, 1.54) is 25.7 Å². The summed E-state index contributed by atoms with van der Waals surface area (Å²) in [4.78, 5) is 1.44. The Hall–Kier alpha value is -0.430. The number of aryl methyl sites for hydroxylation is 1. The number of nitrogens with one attached hydrogen (secondary N) is 2. The van der Waals surface area contributed by atoms with E-state index in [0.29, 0.717) is 35.9 Å². The average molecular weight is 329 g/mol. The monoisotopic (exact) mass is 328 g/mol. The highest BCUT2D eigenvalue weighted by molar-refractivity contribution is 7.89. The van der Waals surface area contributed by atoms with Gasteiger partial charge in [-0.3, -0.25) is 0 Å². The number of rotatable bonds is 8. The molecule has 0 radical (unpaired) electrons. The van der Waals surface area contributed by atoms with Crippen LogP contribution in [0.2, 0.25) is 0 Å². The molecule has 2 fully saturated rings. The van der Waals surface area contributed by atoms with Crippen molar-refractivity contribution in [1.82, 2.24) is 10.0 Å². The van der Waals surface area contributed by atoms with Gasteiger partial charge >= 0.3 is 0 Å². The second-order valence-electron chi connectivity index (χ2n) is 6.49. The predicted octanol–water partition coefficient (Wildman–Crippen LogP) is 2.63. The summed E-state index contributed by atoms with van der Waals surface area (Å²) < 4.78 is 28.0. The van der Waals surface area contributed by atoms with E-state index in [2.05, 4.69) is 17.0 Å². The summed E-state index contributed by atoms with van der Waals surface area (Å²) in [7, 11) is -3.39. The lowest BCUT2D eigenvalue weighted by molar-refractivity contribution is 0.491. The summed E-state index contributed by atoms with van der Waals surface area (Å²) in [6, 6.07) is 0.589. The minimum Gasteiger partial charge on any atom is -0.309 e. The molecule has 0 amide bonds. The number of hydrogen-bond donors (Lipinski definition) is 2. The average Bonchev–Trinajstić information content (AvgIpc) is 3.33. The minimum atomic E-state index is -3.39. The Kier molecular flexibility index (Phi) is 4.41. The van der Waals surface area contributed by atoms with Crippen LogP contribution < -0.4 is 10.0 Å². The first-order chi connectivity index (χ1) is 9.97. The Labute approximate surface area is 131 Å². The Balaban J connectivity index is 1.68. The van der Waals surface area contributed by atoms with Gasteiger partial charge in [-0.25, -0.2) is 13.1 Å². The molecule has 0 aliphatic heterocycles. The Morgan fingerprint density at radius 2 is 2.05 bits per heavy atom. The summed E-state index contributed by atoms with van der Waals surface area (Å²) in [5.41, 5.74) is 0.860. The van der Waals surface area contributed by atoms with Crippen LogP contribution in [0.15, 0.2) is 10.3 Å². The van der Waals surface area contributed by atoms with Gasteiger partial charge in [0.2, 0.25) is 10.0 Å². The highest BCUT2D eigenvalue weighted by atomic mass is 32.2. The summed E-state index contributed by atoms with van der Waals surface area (Å²) >= 11 is 1.54. The smallest absolute Gasteiger partial charge is 0.241 e. The highest BCUT2D eigenvalue weighted by Gasteiger charge is 2.30. The second-order valence-corrected chi connectivity index (χ2v) is 9.16. The molecule has 2 saturated carbocycles. The normalized spacial score (nSPS) is 20.7. The highest BCUT2D eigenvalue weighted by Crippen LogP contribution is 2.36. The lowest BCUT2D eigenvalue weighted by Crippen LogP contribution is -2.30. The summed E-state index contributed by atoms with van der Waals surface area (Å²) in [6.45, 7) is 5.24. The lowest BCUT2D eigenvalue weighted by Gasteiger charge is -2.13. The number of hydrogen-bond acceptors (Lipinski definition) is 4. The molecule has 1 unspecified atom stereocenters. The van der Waals surface area contributed by atoms with Gasteiger partial charge in [0.1, 0.15) is 4.90 Å². The fourth-order valence-electron chi connectivity index (χ4n) is 2.64. The molecule has 21 heavy (non-hydrogen) atoms. The first-order valence-electron chi connectivity index (χ1n) is 7.77. The zero-order chi connectivity index (χ0) is 15.0. The topological polar surface area (TPSA) is 58.2 Å². The van der Waals surface area contributed by atoms with Crippen LogP contribution in [0, 0.1) is 18.8 Å². The van der Waals surface area contributed by atoms with Gasteiger partial charge in [0.25, 0.3) is 0 Å². The van der Waals surface area contributed by atoms with Crippen LogP contribution >= 0.6 is 11.3 Å². The fourth-order valence-corrected chi connectivity index (χ4v) is 5.54. The minimum absolute atomic E-state index is 0.437. The van der Waals surface area contributed by atoms with Gasteiger partial charge in [-0.1, -0.05) is 6.92 Å².